The molecule has 0 fully saturated rings. The highest BCUT2D eigenvalue weighted by Crippen LogP contribution is 2.33. The summed E-state index contributed by atoms with van der Waals surface area (Å²) in [6.07, 6.45) is 1.80. The first-order valence-electron chi connectivity index (χ1n) is 5.32. The molecule has 2 rings (SSSR count). The summed E-state index contributed by atoms with van der Waals surface area (Å²) in [6.45, 7) is 0.806. The number of rotatable bonds is 4. The Morgan fingerprint density at radius 3 is 2.82 bits per heavy atom. The molecule has 2 nitrogen and oxygen atoms in total. The van der Waals surface area contributed by atoms with Crippen molar-refractivity contribution in [2.24, 2.45) is 0 Å². The second kappa shape index (κ2) is 6.05. The van der Waals surface area contributed by atoms with Crippen LogP contribution in [-0.4, -0.2) is 12.0 Å². The number of nitrogens with one attached hydrogen (secondary N) is 1. The second-order valence-electron chi connectivity index (χ2n) is 3.53. The lowest BCUT2D eigenvalue weighted by Gasteiger charge is -2.08. The molecular formula is C13H13ClN2S. The maximum Gasteiger partial charge on any atom is 0.105 e. The third-order valence-electron chi connectivity index (χ3n) is 2.26. The van der Waals surface area contributed by atoms with Gasteiger partial charge in [-0.25, -0.2) is 4.98 Å². The molecule has 2 aromatic rings. The third kappa shape index (κ3) is 3.22. The van der Waals surface area contributed by atoms with Crippen LogP contribution in [0.25, 0.3) is 0 Å². The van der Waals surface area contributed by atoms with Crippen LogP contribution in [0.15, 0.2) is 52.5 Å². The number of pyridine rings is 1. The zero-order chi connectivity index (χ0) is 12.1. The predicted molar refractivity (Wildman–Crippen MR) is 72.6 cm³/mol. The van der Waals surface area contributed by atoms with Crippen LogP contribution in [0.3, 0.4) is 0 Å². The first kappa shape index (κ1) is 12.4. The molecule has 0 spiro atoms. The average Bonchev–Trinajstić information content (AvgIpc) is 2.35. The Morgan fingerprint density at radius 2 is 2.06 bits per heavy atom. The number of hydrogen-bond donors (Lipinski definition) is 1. The maximum atomic E-state index is 6.14. The summed E-state index contributed by atoms with van der Waals surface area (Å²) in [5.74, 6) is 0. The lowest BCUT2D eigenvalue weighted by Crippen LogP contribution is -2.06. The van der Waals surface area contributed by atoms with E-state index in [1.165, 1.54) is 5.56 Å². The minimum atomic E-state index is 0.763. The summed E-state index contributed by atoms with van der Waals surface area (Å²) < 4.78 is 0. The quantitative estimate of drug-likeness (QED) is 0.913. The van der Waals surface area contributed by atoms with E-state index >= 15 is 0 Å². The molecule has 4 heteroatoms. The van der Waals surface area contributed by atoms with Gasteiger partial charge in [0.05, 0.1) is 5.02 Å². The highest BCUT2D eigenvalue weighted by atomic mass is 35.5. The van der Waals surface area contributed by atoms with E-state index in [0.29, 0.717) is 0 Å². The van der Waals surface area contributed by atoms with Crippen molar-refractivity contribution >= 4 is 23.4 Å². The van der Waals surface area contributed by atoms with Crippen molar-refractivity contribution in [1.29, 1.82) is 0 Å². The molecule has 0 bridgehead atoms. The van der Waals surface area contributed by atoms with Crippen molar-refractivity contribution < 1.29 is 0 Å². The summed E-state index contributed by atoms with van der Waals surface area (Å²) in [7, 11) is 1.93. The van der Waals surface area contributed by atoms with Crippen LogP contribution in [0.4, 0.5) is 0 Å². The van der Waals surface area contributed by atoms with Gasteiger partial charge in [0, 0.05) is 17.6 Å². The molecule has 0 aliphatic heterocycles. The van der Waals surface area contributed by atoms with Crippen LogP contribution in [0, 0.1) is 0 Å². The van der Waals surface area contributed by atoms with Crippen LogP contribution in [0.1, 0.15) is 5.56 Å². The molecule has 1 N–H and O–H groups in total. The number of benzene rings is 1. The monoisotopic (exact) mass is 264 g/mol. The Bertz CT molecular complexity index is 502. The molecule has 1 aromatic carbocycles. The molecule has 1 aromatic heterocycles. The van der Waals surface area contributed by atoms with E-state index in [1.54, 1.807) is 18.0 Å². The molecule has 0 aliphatic rings. The van der Waals surface area contributed by atoms with E-state index in [0.717, 1.165) is 21.5 Å². The molecule has 1 heterocycles. The normalized spacial score (nSPS) is 10.5. The number of aromatic nitrogens is 1. The minimum Gasteiger partial charge on any atom is -0.316 e. The first-order chi connectivity index (χ1) is 8.31. The van der Waals surface area contributed by atoms with Crippen LogP contribution >= 0.6 is 23.4 Å². The van der Waals surface area contributed by atoms with Gasteiger partial charge < -0.3 is 5.32 Å². The van der Waals surface area contributed by atoms with E-state index in [4.69, 9.17) is 11.6 Å². The van der Waals surface area contributed by atoms with E-state index in [9.17, 15) is 0 Å². The Kier molecular flexibility index (Phi) is 4.42. The fourth-order valence-corrected chi connectivity index (χ4v) is 2.63. The predicted octanol–water partition coefficient (Wildman–Crippen LogP) is 3.61. The summed E-state index contributed by atoms with van der Waals surface area (Å²) in [5.41, 5.74) is 1.18. The fourth-order valence-electron chi connectivity index (χ4n) is 1.47. The van der Waals surface area contributed by atoms with Gasteiger partial charge in [0.25, 0.3) is 0 Å². The highest BCUT2D eigenvalue weighted by molar-refractivity contribution is 7.99. The highest BCUT2D eigenvalue weighted by Gasteiger charge is 2.07. The molecule has 17 heavy (non-hydrogen) atoms. The molecule has 88 valence electrons. The molecule has 0 unspecified atom stereocenters. The van der Waals surface area contributed by atoms with E-state index in [1.807, 2.05) is 37.4 Å². The second-order valence-corrected chi connectivity index (χ2v) is 4.97. The zero-order valence-electron chi connectivity index (χ0n) is 9.48. The van der Waals surface area contributed by atoms with Gasteiger partial charge in [-0.15, -0.1) is 0 Å². The minimum absolute atomic E-state index is 0.763. The Morgan fingerprint density at radius 1 is 1.24 bits per heavy atom. The molecule has 0 aliphatic carbocycles. The summed E-state index contributed by atoms with van der Waals surface area (Å²) >= 11 is 7.74. The topological polar surface area (TPSA) is 24.9 Å². The van der Waals surface area contributed by atoms with Crippen molar-refractivity contribution in [3.8, 4) is 0 Å². The van der Waals surface area contributed by atoms with Crippen LogP contribution in [-0.2, 0) is 6.54 Å². The smallest absolute Gasteiger partial charge is 0.105 e. The van der Waals surface area contributed by atoms with E-state index in [2.05, 4.69) is 16.4 Å². The largest absolute Gasteiger partial charge is 0.316 e. The lowest BCUT2D eigenvalue weighted by molar-refractivity contribution is 0.790. The average molecular weight is 265 g/mol. The van der Waals surface area contributed by atoms with Gasteiger partial charge in [-0.3, -0.25) is 0 Å². The van der Waals surface area contributed by atoms with Crippen molar-refractivity contribution in [2.45, 2.75) is 16.5 Å². The Hall–Kier alpha value is -1.03. The van der Waals surface area contributed by atoms with Crippen LogP contribution < -0.4 is 5.32 Å². The van der Waals surface area contributed by atoms with Gasteiger partial charge in [0.2, 0.25) is 0 Å². The number of nitrogens with zero attached hydrogens (tertiary/aromatic N) is 1. The van der Waals surface area contributed by atoms with Crippen LogP contribution in [0.2, 0.25) is 5.02 Å². The van der Waals surface area contributed by atoms with Gasteiger partial charge in [-0.05, 0) is 30.8 Å². The lowest BCUT2D eigenvalue weighted by atomic mass is 10.3. The maximum absolute atomic E-state index is 6.14. The summed E-state index contributed by atoms with van der Waals surface area (Å²) in [6, 6.07) is 11.8. The standard InChI is InChI=1S/C13H13ClN2S/c1-15-9-10-5-4-8-16-13(10)17-12-7-3-2-6-11(12)14/h2-8,15H,9H2,1H3. The Labute approximate surface area is 110 Å². The molecule has 0 amide bonds. The SMILES string of the molecule is CNCc1cccnc1Sc1ccccc1Cl. The van der Waals surface area contributed by atoms with Gasteiger partial charge in [-0.1, -0.05) is 41.6 Å². The zero-order valence-corrected chi connectivity index (χ0v) is 11.1. The summed E-state index contributed by atoms with van der Waals surface area (Å²) in [5, 5.41) is 4.90. The summed E-state index contributed by atoms with van der Waals surface area (Å²) in [4.78, 5) is 5.43. The number of hydrogen-bond acceptors (Lipinski definition) is 3. The van der Waals surface area contributed by atoms with Crippen molar-refractivity contribution in [3.63, 3.8) is 0 Å². The van der Waals surface area contributed by atoms with Crippen molar-refractivity contribution in [1.82, 2.24) is 10.3 Å². The first-order valence-corrected chi connectivity index (χ1v) is 6.51. The van der Waals surface area contributed by atoms with Crippen LogP contribution in [0.5, 0.6) is 0 Å². The van der Waals surface area contributed by atoms with Gasteiger partial charge in [0.1, 0.15) is 5.03 Å². The molecule has 0 atom stereocenters. The molecule has 0 saturated carbocycles. The fraction of sp³-hybridized carbons (Fsp3) is 0.154. The van der Waals surface area contributed by atoms with Crippen molar-refractivity contribution in [2.75, 3.05) is 7.05 Å². The molecule has 0 saturated heterocycles. The number of halogens is 1. The van der Waals surface area contributed by atoms with E-state index < -0.39 is 0 Å². The molecular weight excluding hydrogens is 252 g/mol. The Balaban J connectivity index is 2.27. The third-order valence-corrected chi connectivity index (χ3v) is 3.84. The van der Waals surface area contributed by atoms with Gasteiger partial charge in [-0.2, -0.15) is 0 Å². The molecule has 0 radical (unpaired) electrons. The van der Waals surface area contributed by atoms with Gasteiger partial charge in [0.15, 0.2) is 0 Å². The van der Waals surface area contributed by atoms with Crippen molar-refractivity contribution in [3.05, 3.63) is 53.2 Å². The van der Waals surface area contributed by atoms with E-state index in [-0.39, 0.29) is 0 Å². The van der Waals surface area contributed by atoms with Gasteiger partial charge >= 0.3 is 0 Å².